The van der Waals surface area contributed by atoms with E-state index < -0.39 is 0 Å². The molecule has 0 atom stereocenters. The molecule has 0 unspecified atom stereocenters. The highest BCUT2D eigenvalue weighted by molar-refractivity contribution is 5.89. The Morgan fingerprint density at radius 2 is 1.61 bits per heavy atom. The zero-order chi connectivity index (χ0) is 25.6. The van der Waals surface area contributed by atoms with Crippen molar-refractivity contribution in [1.29, 1.82) is 0 Å². The molecular formula is C31H43N3O2. The third-order valence-electron chi connectivity index (χ3n) is 6.72. The summed E-state index contributed by atoms with van der Waals surface area (Å²) in [6.45, 7) is 8.66. The molecule has 194 valence electrons. The van der Waals surface area contributed by atoms with Gasteiger partial charge in [0.15, 0.2) is 0 Å². The number of unbranched alkanes of at least 4 members (excludes halogenated alkanes) is 4. The first-order valence-corrected chi connectivity index (χ1v) is 13.7. The maximum Gasteiger partial charge on any atom is 0.337 e. The third kappa shape index (κ3) is 8.34. The van der Waals surface area contributed by atoms with E-state index in [9.17, 15) is 4.79 Å². The van der Waals surface area contributed by atoms with E-state index >= 15 is 0 Å². The second kappa shape index (κ2) is 15.2. The SMILES string of the molecule is CCCCN(CCCCCc1cnc(-c2ccccc2)n1CCCC)Cc1ccc(C(=O)OC)cc1. The van der Waals surface area contributed by atoms with Gasteiger partial charge in [-0.25, -0.2) is 9.78 Å². The maximum absolute atomic E-state index is 11.7. The highest BCUT2D eigenvalue weighted by Crippen LogP contribution is 2.22. The molecule has 0 bridgehead atoms. The molecule has 0 aliphatic carbocycles. The largest absolute Gasteiger partial charge is 0.465 e. The number of methoxy groups -OCH3 is 1. The maximum atomic E-state index is 11.7. The van der Waals surface area contributed by atoms with Crippen LogP contribution < -0.4 is 0 Å². The molecule has 0 fully saturated rings. The van der Waals surface area contributed by atoms with Gasteiger partial charge in [0.1, 0.15) is 5.82 Å². The fraction of sp³-hybridized carbons (Fsp3) is 0.484. The van der Waals surface area contributed by atoms with Gasteiger partial charge in [-0.1, -0.05) is 75.6 Å². The quantitative estimate of drug-likeness (QED) is 0.158. The van der Waals surface area contributed by atoms with Gasteiger partial charge in [0.05, 0.1) is 12.7 Å². The summed E-state index contributed by atoms with van der Waals surface area (Å²) in [6, 6.07) is 18.4. The van der Waals surface area contributed by atoms with Crippen LogP contribution in [0.1, 0.15) is 80.4 Å². The summed E-state index contributed by atoms with van der Waals surface area (Å²) in [7, 11) is 1.42. The summed E-state index contributed by atoms with van der Waals surface area (Å²) < 4.78 is 7.25. The summed E-state index contributed by atoms with van der Waals surface area (Å²) in [6.07, 6.45) is 11.5. The van der Waals surface area contributed by atoms with Crippen molar-refractivity contribution in [3.63, 3.8) is 0 Å². The highest BCUT2D eigenvalue weighted by atomic mass is 16.5. The number of hydrogen-bond acceptors (Lipinski definition) is 4. The Balaban J connectivity index is 1.51. The number of aromatic nitrogens is 2. The van der Waals surface area contributed by atoms with Gasteiger partial charge in [-0.05, 0) is 62.9 Å². The van der Waals surface area contributed by atoms with Crippen LogP contribution in [0.3, 0.4) is 0 Å². The van der Waals surface area contributed by atoms with Crippen molar-refractivity contribution < 1.29 is 9.53 Å². The van der Waals surface area contributed by atoms with E-state index in [0.717, 1.165) is 38.4 Å². The smallest absolute Gasteiger partial charge is 0.337 e. The Morgan fingerprint density at radius 3 is 2.31 bits per heavy atom. The number of esters is 1. The standard InChI is InChI=1S/C31H43N3O2/c1-4-6-21-33(25-26-17-19-28(20-18-26)31(35)36-3)22-13-9-12-16-29-24-32-30(34(29)23-7-5-2)27-14-10-8-11-15-27/h8,10-11,14-15,17-20,24H,4-7,9,12-13,16,21-23,25H2,1-3H3. The van der Waals surface area contributed by atoms with E-state index in [4.69, 9.17) is 9.72 Å². The molecule has 0 saturated heterocycles. The molecule has 2 aromatic carbocycles. The zero-order valence-corrected chi connectivity index (χ0v) is 22.4. The van der Waals surface area contributed by atoms with Crippen molar-refractivity contribution in [1.82, 2.24) is 14.5 Å². The second-order valence-electron chi connectivity index (χ2n) is 9.57. The molecule has 0 amide bonds. The lowest BCUT2D eigenvalue weighted by atomic mass is 10.1. The first kappa shape index (κ1) is 27.7. The fourth-order valence-corrected chi connectivity index (χ4v) is 4.59. The van der Waals surface area contributed by atoms with Crippen LogP contribution in [0.15, 0.2) is 60.8 Å². The topological polar surface area (TPSA) is 47.4 Å². The molecule has 0 aliphatic heterocycles. The van der Waals surface area contributed by atoms with Crippen molar-refractivity contribution in [3.8, 4) is 11.4 Å². The normalized spacial score (nSPS) is 11.2. The summed E-state index contributed by atoms with van der Waals surface area (Å²) >= 11 is 0. The monoisotopic (exact) mass is 489 g/mol. The predicted octanol–water partition coefficient (Wildman–Crippen LogP) is 7.15. The van der Waals surface area contributed by atoms with Gasteiger partial charge in [-0.15, -0.1) is 0 Å². The molecule has 3 rings (SSSR count). The van der Waals surface area contributed by atoms with Gasteiger partial charge in [-0.2, -0.15) is 0 Å². The van der Waals surface area contributed by atoms with Crippen LogP contribution in [0.2, 0.25) is 0 Å². The number of ether oxygens (including phenoxy) is 1. The van der Waals surface area contributed by atoms with Crippen molar-refractivity contribution in [2.75, 3.05) is 20.2 Å². The molecule has 36 heavy (non-hydrogen) atoms. The molecule has 0 saturated carbocycles. The van der Waals surface area contributed by atoms with Gasteiger partial charge in [-0.3, -0.25) is 4.90 Å². The van der Waals surface area contributed by atoms with E-state index in [1.54, 1.807) is 0 Å². The van der Waals surface area contributed by atoms with Crippen molar-refractivity contribution in [2.45, 2.75) is 78.3 Å². The Bertz CT molecular complexity index is 1030. The van der Waals surface area contributed by atoms with E-state index in [1.807, 2.05) is 24.3 Å². The molecule has 1 aromatic heterocycles. The lowest BCUT2D eigenvalue weighted by Crippen LogP contribution is -2.25. The molecule has 0 spiro atoms. The van der Waals surface area contributed by atoms with Crippen LogP contribution in [0, 0.1) is 0 Å². The van der Waals surface area contributed by atoms with Crippen LogP contribution in [0.25, 0.3) is 11.4 Å². The van der Waals surface area contributed by atoms with Crippen molar-refractivity contribution in [2.24, 2.45) is 0 Å². The van der Waals surface area contributed by atoms with Gasteiger partial charge < -0.3 is 9.30 Å². The molecule has 5 nitrogen and oxygen atoms in total. The molecule has 3 aromatic rings. The predicted molar refractivity (Wildman–Crippen MR) is 148 cm³/mol. The minimum atomic E-state index is -0.281. The highest BCUT2D eigenvalue weighted by Gasteiger charge is 2.12. The van der Waals surface area contributed by atoms with E-state index in [2.05, 4.69) is 59.8 Å². The Labute approximate surface area is 217 Å². The van der Waals surface area contributed by atoms with E-state index in [-0.39, 0.29) is 5.97 Å². The number of carbonyl (C=O) groups is 1. The Kier molecular flexibility index (Phi) is 11.7. The summed E-state index contributed by atoms with van der Waals surface area (Å²) in [4.78, 5) is 19.0. The fourth-order valence-electron chi connectivity index (χ4n) is 4.59. The Morgan fingerprint density at radius 1 is 0.889 bits per heavy atom. The van der Waals surface area contributed by atoms with Gasteiger partial charge in [0.25, 0.3) is 0 Å². The summed E-state index contributed by atoms with van der Waals surface area (Å²) in [5.41, 5.74) is 4.41. The third-order valence-corrected chi connectivity index (χ3v) is 6.72. The van der Waals surface area contributed by atoms with Crippen LogP contribution in [-0.4, -0.2) is 40.6 Å². The molecule has 5 heteroatoms. The van der Waals surface area contributed by atoms with Gasteiger partial charge in [0.2, 0.25) is 0 Å². The van der Waals surface area contributed by atoms with Gasteiger partial charge >= 0.3 is 5.97 Å². The minimum Gasteiger partial charge on any atom is -0.465 e. The number of nitrogens with zero attached hydrogens (tertiary/aromatic N) is 3. The molecular weight excluding hydrogens is 446 g/mol. The molecule has 0 radical (unpaired) electrons. The number of hydrogen-bond donors (Lipinski definition) is 0. The molecule has 0 aliphatic rings. The number of rotatable bonds is 16. The van der Waals surface area contributed by atoms with E-state index in [0.29, 0.717) is 5.56 Å². The average molecular weight is 490 g/mol. The average Bonchev–Trinajstić information content (AvgIpc) is 3.33. The number of carbonyl (C=O) groups excluding carboxylic acids is 1. The van der Waals surface area contributed by atoms with Crippen LogP contribution in [0.4, 0.5) is 0 Å². The van der Waals surface area contributed by atoms with Crippen molar-refractivity contribution >= 4 is 5.97 Å². The lowest BCUT2D eigenvalue weighted by Gasteiger charge is -2.22. The summed E-state index contributed by atoms with van der Waals surface area (Å²) in [5, 5.41) is 0. The number of aryl methyl sites for hydroxylation is 1. The van der Waals surface area contributed by atoms with Crippen LogP contribution >= 0.6 is 0 Å². The van der Waals surface area contributed by atoms with Crippen molar-refractivity contribution in [3.05, 3.63) is 77.6 Å². The lowest BCUT2D eigenvalue weighted by molar-refractivity contribution is 0.0600. The number of imidazole rings is 1. The molecule has 0 N–H and O–H groups in total. The summed E-state index contributed by atoms with van der Waals surface area (Å²) in [5.74, 6) is 0.819. The number of benzene rings is 2. The second-order valence-corrected chi connectivity index (χ2v) is 9.57. The molecule has 1 heterocycles. The zero-order valence-electron chi connectivity index (χ0n) is 22.4. The van der Waals surface area contributed by atoms with Crippen LogP contribution in [0.5, 0.6) is 0 Å². The van der Waals surface area contributed by atoms with E-state index in [1.165, 1.54) is 68.9 Å². The Hall–Kier alpha value is -2.92. The van der Waals surface area contributed by atoms with Gasteiger partial charge in [0, 0.05) is 30.5 Å². The first-order valence-electron chi connectivity index (χ1n) is 13.7. The first-order chi connectivity index (χ1) is 17.7. The minimum absolute atomic E-state index is 0.281. The van der Waals surface area contributed by atoms with Crippen LogP contribution in [-0.2, 0) is 24.2 Å².